The van der Waals surface area contributed by atoms with Gasteiger partial charge >= 0.3 is 0 Å². The maximum atomic E-state index is 13.4. The number of benzene rings is 3. The van der Waals surface area contributed by atoms with E-state index in [1.807, 2.05) is 80.6 Å². The Morgan fingerprint density at radius 2 is 1.38 bits per heavy atom. The van der Waals surface area contributed by atoms with Gasteiger partial charge < -0.3 is 5.43 Å². The maximum Gasteiger partial charge on any atom is 0.260 e. The van der Waals surface area contributed by atoms with E-state index in [2.05, 4.69) is 21.4 Å². The van der Waals surface area contributed by atoms with Crippen LogP contribution in [0.25, 0.3) is 5.70 Å². The second-order valence-corrected chi connectivity index (χ2v) is 9.90. The number of nitrogens with zero attached hydrogens (tertiary/aromatic N) is 1. The first-order valence-corrected chi connectivity index (χ1v) is 11.5. The van der Waals surface area contributed by atoms with Gasteiger partial charge in [-0.05, 0) is 55.3 Å². The van der Waals surface area contributed by atoms with Crippen molar-refractivity contribution in [3.8, 4) is 0 Å². The van der Waals surface area contributed by atoms with Crippen molar-refractivity contribution in [3.63, 3.8) is 0 Å². The molecule has 0 radical (unpaired) electrons. The highest BCUT2D eigenvalue weighted by Gasteiger charge is 2.36. The minimum atomic E-state index is -3.75. The lowest BCUT2D eigenvalue weighted by Crippen LogP contribution is -2.39. The largest absolute Gasteiger partial charge is 0.304 e. The van der Waals surface area contributed by atoms with Gasteiger partial charge in [0.05, 0.1) is 16.6 Å². The van der Waals surface area contributed by atoms with Gasteiger partial charge in [0, 0.05) is 4.47 Å². The summed E-state index contributed by atoms with van der Waals surface area (Å²) in [5, 5.41) is 0. The van der Waals surface area contributed by atoms with Crippen molar-refractivity contribution in [3.05, 3.63) is 106 Å². The van der Waals surface area contributed by atoms with E-state index in [0.29, 0.717) is 0 Å². The van der Waals surface area contributed by atoms with Crippen molar-refractivity contribution in [2.24, 2.45) is 0 Å². The molecule has 1 N–H and O–H groups in total. The highest BCUT2D eigenvalue weighted by atomic mass is 79.9. The topological polar surface area (TPSA) is 49.4 Å². The molecule has 1 heterocycles. The van der Waals surface area contributed by atoms with Gasteiger partial charge in [-0.2, -0.15) is 0 Å². The molecule has 0 aromatic heterocycles. The van der Waals surface area contributed by atoms with E-state index in [-0.39, 0.29) is 4.90 Å². The molecule has 6 heteroatoms. The third-order valence-corrected chi connectivity index (χ3v) is 7.19. The van der Waals surface area contributed by atoms with Gasteiger partial charge in [0.15, 0.2) is 0 Å². The fourth-order valence-corrected chi connectivity index (χ4v) is 4.94. The fraction of sp³-hybridized carbons (Fsp3) is 0.130. The summed E-state index contributed by atoms with van der Waals surface area (Å²) in [6.45, 7) is 3.95. The molecule has 0 saturated carbocycles. The molecule has 148 valence electrons. The monoisotopic (exact) mass is 468 g/mol. The normalized spacial score (nSPS) is 17.1. The molecule has 0 unspecified atom stereocenters. The van der Waals surface area contributed by atoms with Crippen LogP contribution in [0.4, 0.5) is 0 Å². The molecule has 0 amide bonds. The summed E-state index contributed by atoms with van der Waals surface area (Å²) in [5.74, 6) is 0. The van der Waals surface area contributed by atoms with Crippen molar-refractivity contribution in [1.29, 1.82) is 0 Å². The van der Waals surface area contributed by atoms with Crippen LogP contribution >= 0.6 is 15.9 Å². The van der Waals surface area contributed by atoms with E-state index in [0.717, 1.165) is 32.4 Å². The summed E-state index contributed by atoms with van der Waals surface area (Å²) in [6.07, 6.45) is 1.96. The minimum absolute atomic E-state index is 0.262. The number of halogens is 1. The Hall–Kier alpha value is -2.41. The van der Waals surface area contributed by atoms with Crippen LogP contribution in [0.3, 0.4) is 0 Å². The Morgan fingerprint density at radius 1 is 0.828 bits per heavy atom. The van der Waals surface area contributed by atoms with E-state index < -0.39 is 16.1 Å². The van der Waals surface area contributed by atoms with Crippen molar-refractivity contribution < 1.29 is 8.42 Å². The molecular formula is C23H21BrN2O2S. The fourth-order valence-electron chi connectivity index (χ4n) is 3.27. The van der Waals surface area contributed by atoms with E-state index in [1.165, 1.54) is 4.41 Å². The first-order chi connectivity index (χ1) is 13.8. The van der Waals surface area contributed by atoms with Crippen LogP contribution in [-0.4, -0.2) is 12.8 Å². The Labute approximate surface area is 180 Å². The average molecular weight is 469 g/mol. The zero-order chi connectivity index (χ0) is 20.6. The molecule has 3 aromatic carbocycles. The average Bonchev–Trinajstić information content (AvgIpc) is 3.16. The number of sulfonamides is 1. The molecule has 1 atom stereocenters. The summed E-state index contributed by atoms with van der Waals surface area (Å²) in [6, 6.07) is 22.2. The summed E-state index contributed by atoms with van der Waals surface area (Å²) < 4.78 is 29.2. The molecule has 0 bridgehead atoms. The van der Waals surface area contributed by atoms with Crippen molar-refractivity contribution >= 4 is 31.7 Å². The molecule has 3 aromatic rings. The number of hydrogen-bond acceptors (Lipinski definition) is 3. The maximum absolute atomic E-state index is 13.4. The van der Waals surface area contributed by atoms with Crippen LogP contribution in [0.2, 0.25) is 0 Å². The predicted molar refractivity (Wildman–Crippen MR) is 119 cm³/mol. The first-order valence-electron chi connectivity index (χ1n) is 9.27. The van der Waals surface area contributed by atoms with Gasteiger partial charge in [0.25, 0.3) is 10.0 Å². The first kappa shape index (κ1) is 19.9. The highest BCUT2D eigenvalue weighted by Crippen LogP contribution is 2.35. The van der Waals surface area contributed by atoms with E-state index in [4.69, 9.17) is 0 Å². The molecule has 0 fully saturated rings. The Balaban J connectivity index is 1.78. The number of nitrogens with one attached hydrogen (secondary N) is 1. The van der Waals surface area contributed by atoms with E-state index in [1.54, 1.807) is 12.1 Å². The molecule has 29 heavy (non-hydrogen) atoms. The van der Waals surface area contributed by atoms with E-state index >= 15 is 0 Å². The number of rotatable bonds is 4. The Morgan fingerprint density at radius 3 is 1.97 bits per heavy atom. The van der Waals surface area contributed by atoms with Crippen LogP contribution in [0.5, 0.6) is 0 Å². The van der Waals surface area contributed by atoms with Crippen LogP contribution < -0.4 is 5.43 Å². The van der Waals surface area contributed by atoms with Gasteiger partial charge in [-0.3, -0.25) is 0 Å². The predicted octanol–water partition coefficient (Wildman–Crippen LogP) is 5.36. The SMILES string of the molecule is Cc1ccc([C@@H]2C=C(c3ccc(Br)cc3)NN2S(=O)(=O)c2ccc(C)cc2)cc1. The molecule has 1 aliphatic heterocycles. The zero-order valence-electron chi connectivity index (χ0n) is 16.1. The molecular weight excluding hydrogens is 448 g/mol. The molecule has 1 aliphatic rings. The number of aryl methyl sites for hydroxylation is 2. The van der Waals surface area contributed by atoms with Gasteiger partial charge in [-0.15, -0.1) is 4.41 Å². The molecule has 4 nitrogen and oxygen atoms in total. The van der Waals surface area contributed by atoms with Crippen LogP contribution in [0, 0.1) is 13.8 Å². The third-order valence-electron chi connectivity index (χ3n) is 4.96. The second-order valence-electron chi connectivity index (χ2n) is 7.17. The quantitative estimate of drug-likeness (QED) is 0.560. The number of hydrogen-bond donors (Lipinski definition) is 1. The van der Waals surface area contributed by atoms with Crippen molar-refractivity contribution in [2.45, 2.75) is 24.8 Å². The lowest BCUT2D eigenvalue weighted by Gasteiger charge is -2.25. The Kier molecular flexibility index (Phi) is 5.34. The third kappa shape index (κ3) is 4.01. The summed E-state index contributed by atoms with van der Waals surface area (Å²) in [5.41, 5.74) is 7.87. The van der Waals surface area contributed by atoms with Crippen LogP contribution in [-0.2, 0) is 10.0 Å². The lowest BCUT2D eigenvalue weighted by molar-refractivity contribution is 0.348. The zero-order valence-corrected chi connectivity index (χ0v) is 18.5. The van der Waals surface area contributed by atoms with E-state index in [9.17, 15) is 8.42 Å². The van der Waals surface area contributed by atoms with Gasteiger partial charge in [-0.1, -0.05) is 75.6 Å². The molecule has 0 aliphatic carbocycles. The standard InChI is InChI=1S/C23H21BrN2O2S/c1-16-3-7-19(8-4-16)23-15-22(18-9-11-20(24)12-10-18)25-26(23)29(27,28)21-13-5-17(2)6-14-21/h3-15,23,25H,1-2H3/t23-/m0/s1. The molecule has 0 spiro atoms. The van der Waals surface area contributed by atoms with Crippen LogP contribution in [0.1, 0.15) is 28.3 Å². The lowest BCUT2D eigenvalue weighted by atomic mass is 10.0. The molecule has 4 rings (SSSR count). The van der Waals surface area contributed by atoms with Gasteiger partial charge in [0.2, 0.25) is 0 Å². The Bertz CT molecular complexity index is 1150. The van der Waals surface area contributed by atoms with Crippen molar-refractivity contribution in [1.82, 2.24) is 9.84 Å². The summed E-state index contributed by atoms with van der Waals surface area (Å²) >= 11 is 3.44. The minimum Gasteiger partial charge on any atom is -0.304 e. The van der Waals surface area contributed by atoms with Gasteiger partial charge in [-0.25, -0.2) is 8.42 Å². The van der Waals surface area contributed by atoms with Crippen molar-refractivity contribution in [2.75, 3.05) is 0 Å². The highest BCUT2D eigenvalue weighted by molar-refractivity contribution is 9.10. The second kappa shape index (κ2) is 7.78. The summed E-state index contributed by atoms with van der Waals surface area (Å²) in [7, 11) is -3.75. The van der Waals surface area contributed by atoms with Crippen LogP contribution in [0.15, 0.2) is 88.2 Å². The molecule has 0 saturated heterocycles. The smallest absolute Gasteiger partial charge is 0.260 e. The van der Waals surface area contributed by atoms with Gasteiger partial charge in [0.1, 0.15) is 0 Å². The number of hydrazine groups is 1. The summed E-state index contributed by atoms with van der Waals surface area (Å²) in [4.78, 5) is 0.262.